The average molecular weight is 376 g/mol. The van der Waals surface area contributed by atoms with E-state index in [0.29, 0.717) is 19.5 Å². The Morgan fingerprint density at radius 1 is 1.07 bits per heavy atom. The number of rotatable bonds is 4. The summed E-state index contributed by atoms with van der Waals surface area (Å²) in [5.74, 6) is 0.333. The van der Waals surface area contributed by atoms with Gasteiger partial charge in [0.2, 0.25) is 5.91 Å². The second-order valence-electron chi connectivity index (χ2n) is 7.56. The molecular weight excluding hydrogens is 352 g/mol. The van der Waals surface area contributed by atoms with Crippen LogP contribution in [0.4, 0.5) is 0 Å². The lowest BCUT2D eigenvalue weighted by molar-refractivity contribution is -0.133. The highest BCUT2D eigenvalue weighted by Gasteiger charge is 2.26. The molecule has 0 aliphatic carbocycles. The summed E-state index contributed by atoms with van der Waals surface area (Å²) in [5.41, 5.74) is 2.96. The van der Waals surface area contributed by atoms with Crippen molar-refractivity contribution in [1.29, 1.82) is 0 Å². The van der Waals surface area contributed by atoms with Gasteiger partial charge in [0, 0.05) is 68.4 Å². The van der Waals surface area contributed by atoms with E-state index >= 15 is 0 Å². The van der Waals surface area contributed by atoms with E-state index in [2.05, 4.69) is 22.2 Å². The number of nitrogens with zero attached hydrogens (tertiary/aromatic N) is 4. The Bertz CT molecular complexity index is 1030. The lowest BCUT2D eigenvalue weighted by Crippen LogP contribution is -2.39. The van der Waals surface area contributed by atoms with Crippen molar-refractivity contribution in [1.82, 2.24) is 19.7 Å². The largest absolute Gasteiger partial charge is 0.343 e. The molecule has 6 nitrogen and oxygen atoms in total. The van der Waals surface area contributed by atoms with Gasteiger partial charge in [-0.25, -0.2) is 0 Å². The molecule has 0 bridgehead atoms. The van der Waals surface area contributed by atoms with Crippen LogP contribution >= 0.6 is 0 Å². The van der Waals surface area contributed by atoms with E-state index in [1.807, 2.05) is 42.7 Å². The quantitative estimate of drug-likeness (QED) is 0.702. The molecule has 1 aromatic carbocycles. The van der Waals surface area contributed by atoms with Crippen molar-refractivity contribution in [3.05, 3.63) is 48.5 Å². The molecule has 1 amide bonds. The molecule has 0 N–H and O–H groups in total. The van der Waals surface area contributed by atoms with E-state index in [1.54, 1.807) is 11.6 Å². The number of Topliss-reactive ketones (excluding diaryl/α,β-unsaturated/α-hetero) is 1. The van der Waals surface area contributed by atoms with Gasteiger partial charge in [0.1, 0.15) is 5.78 Å². The number of likely N-dealkylation sites (tertiary alicyclic amines) is 1. The summed E-state index contributed by atoms with van der Waals surface area (Å²) >= 11 is 0. The van der Waals surface area contributed by atoms with Crippen molar-refractivity contribution in [2.75, 3.05) is 13.1 Å². The van der Waals surface area contributed by atoms with Crippen LogP contribution in [0.15, 0.2) is 42.9 Å². The lowest BCUT2D eigenvalue weighted by Gasteiger charge is -2.30. The first-order chi connectivity index (χ1) is 13.5. The van der Waals surface area contributed by atoms with E-state index in [0.717, 1.165) is 40.4 Å². The minimum Gasteiger partial charge on any atom is -0.343 e. The summed E-state index contributed by atoms with van der Waals surface area (Å²) in [6, 6.07) is 8.24. The number of aromatic nitrogens is 3. The summed E-state index contributed by atoms with van der Waals surface area (Å²) < 4.78 is 1.79. The molecule has 0 atom stereocenters. The number of aryl methyl sites for hydroxylation is 1. The van der Waals surface area contributed by atoms with E-state index in [1.165, 1.54) is 0 Å². The minimum absolute atomic E-state index is 0.0230. The summed E-state index contributed by atoms with van der Waals surface area (Å²) in [4.78, 5) is 30.5. The maximum atomic E-state index is 12.7. The van der Waals surface area contributed by atoms with Crippen LogP contribution in [0, 0.1) is 5.92 Å². The zero-order chi connectivity index (χ0) is 19.7. The van der Waals surface area contributed by atoms with Gasteiger partial charge in [-0.15, -0.1) is 0 Å². The SMILES string of the molecule is CC(=O)N1CCC(C(=O)Cc2cc3cc(-c4cnn(C)c4)ccc3cn2)CC1. The van der Waals surface area contributed by atoms with Gasteiger partial charge in [-0.3, -0.25) is 19.3 Å². The van der Waals surface area contributed by atoms with E-state index in [-0.39, 0.29) is 17.6 Å². The fourth-order valence-corrected chi connectivity index (χ4v) is 3.87. The molecule has 1 saturated heterocycles. The van der Waals surface area contributed by atoms with Crippen LogP contribution in [-0.2, 0) is 23.1 Å². The number of piperidine rings is 1. The first kappa shape index (κ1) is 18.3. The molecule has 1 aliphatic rings. The van der Waals surface area contributed by atoms with E-state index in [4.69, 9.17) is 0 Å². The molecule has 6 heteroatoms. The second kappa shape index (κ2) is 7.54. The molecule has 144 valence electrons. The number of fused-ring (bicyclic) bond motifs is 1. The van der Waals surface area contributed by atoms with Crippen molar-refractivity contribution in [3.8, 4) is 11.1 Å². The predicted molar refractivity (Wildman–Crippen MR) is 108 cm³/mol. The van der Waals surface area contributed by atoms with Crippen LogP contribution in [0.2, 0.25) is 0 Å². The first-order valence-corrected chi connectivity index (χ1v) is 9.65. The Kier molecular flexibility index (Phi) is 4.94. The Hall–Kier alpha value is -3.02. The monoisotopic (exact) mass is 376 g/mol. The summed E-state index contributed by atoms with van der Waals surface area (Å²) in [6.07, 6.45) is 7.51. The zero-order valence-corrected chi connectivity index (χ0v) is 16.3. The van der Waals surface area contributed by atoms with Gasteiger partial charge in [0.05, 0.1) is 6.20 Å². The molecule has 1 fully saturated rings. The number of benzene rings is 1. The molecule has 3 heterocycles. The molecular formula is C22H24N4O2. The number of carbonyl (C=O) groups is 2. The highest BCUT2D eigenvalue weighted by molar-refractivity contribution is 5.88. The molecule has 0 unspecified atom stereocenters. The topological polar surface area (TPSA) is 68.1 Å². The maximum Gasteiger partial charge on any atom is 0.219 e. The third-order valence-electron chi connectivity index (χ3n) is 5.57. The number of amides is 1. The Labute approximate surface area is 164 Å². The normalized spacial score (nSPS) is 15.1. The van der Waals surface area contributed by atoms with Crippen LogP contribution in [-0.4, -0.2) is 44.4 Å². The van der Waals surface area contributed by atoms with Gasteiger partial charge < -0.3 is 4.90 Å². The van der Waals surface area contributed by atoms with Gasteiger partial charge in [-0.2, -0.15) is 5.10 Å². The van der Waals surface area contributed by atoms with E-state index < -0.39 is 0 Å². The van der Waals surface area contributed by atoms with Crippen molar-refractivity contribution < 1.29 is 9.59 Å². The zero-order valence-electron chi connectivity index (χ0n) is 16.3. The van der Waals surface area contributed by atoms with Gasteiger partial charge >= 0.3 is 0 Å². The third-order valence-corrected chi connectivity index (χ3v) is 5.57. The van der Waals surface area contributed by atoms with Crippen molar-refractivity contribution in [3.63, 3.8) is 0 Å². The van der Waals surface area contributed by atoms with Gasteiger partial charge in [0.15, 0.2) is 0 Å². The first-order valence-electron chi connectivity index (χ1n) is 9.65. The highest BCUT2D eigenvalue weighted by atomic mass is 16.2. The number of hydrogen-bond donors (Lipinski definition) is 0. The number of hydrogen-bond acceptors (Lipinski definition) is 4. The van der Waals surface area contributed by atoms with Gasteiger partial charge in [-0.1, -0.05) is 12.1 Å². The number of ketones is 1. The van der Waals surface area contributed by atoms with E-state index in [9.17, 15) is 9.59 Å². The molecule has 2 aromatic heterocycles. The Morgan fingerprint density at radius 3 is 2.54 bits per heavy atom. The molecule has 0 saturated carbocycles. The molecule has 3 aromatic rings. The van der Waals surface area contributed by atoms with Crippen molar-refractivity contribution in [2.45, 2.75) is 26.2 Å². The number of pyridine rings is 1. The van der Waals surface area contributed by atoms with Crippen LogP contribution in [0.5, 0.6) is 0 Å². The molecule has 1 aliphatic heterocycles. The standard InChI is InChI=1S/C22H24N4O2/c1-15(27)26-7-5-16(6-8-26)22(28)11-21-10-19-9-17(3-4-18(19)12-23-21)20-13-24-25(2)14-20/h3-4,9-10,12-14,16H,5-8,11H2,1-2H3. The fraction of sp³-hybridized carbons (Fsp3) is 0.364. The van der Waals surface area contributed by atoms with Crippen LogP contribution < -0.4 is 0 Å². The average Bonchev–Trinajstić information content (AvgIpc) is 3.14. The summed E-state index contributed by atoms with van der Waals surface area (Å²) in [7, 11) is 1.90. The lowest BCUT2D eigenvalue weighted by atomic mass is 9.90. The van der Waals surface area contributed by atoms with Crippen LogP contribution in [0.1, 0.15) is 25.5 Å². The minimum atomic E-state index is 0.0230. The fourth-order valence-electron chi connectivity index (χ4n) is 3.87. The number of carbonyl (C=O) groups excluding carboxylic acids is 2. The van der Waals surface area contributed by atoms with Crippen molar-refractivity contribution >= 4 is 22.5 Å². The Morgan fingerprint density at radius 2 is 1.86 bits per heavy atom. The van der Waals surface area contributed by atoms with Gasteiger partial charge in [0.25, 0.3) is 0 Å². The second-order valence-corrected chi connectivity index (χ2v) is 7.56. The van der Waals surface area contributed by atoms with Crippen LogP contribution in [0.3, 0.4) is 0 Å². The molecule has 0 spiro atoms. The molecule has 28 heavy (non-hydrogen) atoms. The smallest absolute Gasteiger partial charge is 0.219 e. The molecule has 4 rings (SSSR count). The summed E-state index contributed by atoms with van der Waals surface area (Å²) in [5, 5.41) is 6.36. The maximum absolute atomic E-state index is 12.7. The highest BCUT2D eigenvalue weighted by Crippen LogP contribution is 2.25. The predicted octanol–water partition coefficient (Wildman–Crippen LogP) is 3.01. The van der Waals surface area contributed by atoms with Crippen molar-refractivity contribution in [2.24, 2.45) is 13.0 Å². The summed E-state index contributed by atoms with van der Waals surface area (Å²) in [6.45, 7) is 2.93. The van der Waals surface area contributed by atoms with Gasteiger partial charge in [-0.05, 0) is 35.9 Å². The third kappa shape index (κ3) is 3.81. The molecule has 0 radical (unpaired) electrons. The Balaban J connectivity index is 1.49. The van der Waals surface area contributed by atoms with Crippen LogP contribution in [0.25, 0.3) is 21.9 Å².